The number of hydrogen-bond donors (Lipinski definition) is 2. The van der Waals surface area contributed by atoms with Crippen LogP contribution in [0, 0.1) is 0 Å². The van der Waals surface area contributed by atoms with E-state index < -0.39 is 0 Å². The molecule has 0 saturated heterocycles. The lowest BCUT2D eigenvalue weighted by Crippen LogP contribution is -2.24. The minimum atomic E-state index is -0.105. The fraction of sp³-hybridized carbons (Fsp3) is 0.167. The van der Waals surface area contributed by atoms with Crippen molar-refractivity contribution in [2.24, 2.45) is 0 Å². The summed E-state index contributed by atoms with van der Waals surface area (Å²) in [7, 11) is 0. The lowest BCUT2D eigenvalue weighted by atomic mass is 10.3. The molecule has 2 aromatic heterocycles. The van der Waals surface area contributed by atoms with Gasteiger partial charge < -0.3 is 15.0 Å². The predicted octanol–water partition coefficient (Wildman–Crippen LogP) is 2.70. The summed E-state index contributed by atoms with van der Waals surface area (Å²) in [6, 6.07) is 13.2. The van der Waals surface area contributed by atoms with Crippen LogP contribution in [0.2, 0.25) is 0 Å². The Morgan fingerprint density at radius 2 is 1.96 bits per heavy atom. The Balaban J connectivity index is 1.47. The van der Waals surface area contributed by atoms with Gasteiger partial charge in [-0.3, -0.25) is 9.59 Å². The van der Waals surface area contributed by atoms with Crippen LogP contribution in [-0.2, 0) is 16.1 Å². The number of pyridine rings is 1. The van der Waals surface area contributed by atoms with E-state index in [0.717, 1.165) is 21.9 Å². The Morgan fingerprint density at radius 1 is 1.16 bits per heavy atom. The van der Waals surface area contributed by atoms with E-state index in [2.05, 4.69) is 15.6 Å². The topological polar surface area (TPSA) is 75.5 Å². The molecule has 0 spiro atoms. The summed E-state index contributed by atoms with van der Waals surface area (Å²) in [6.45, 7) is 1.87. The highest BCUT2D eigenvalue weighted by Crippen LogP contribution is 2.20. The van der Waals surface area contributed by atoms with Gasteiger partial charge in [0.15, 0.2) is 0 Å². The number of benzene rings is 1. The van der Waals surface area contributed by atoms with Gasteiger partial charge in [0.25, 0.3) is 0 Å². The molecular formula is C18H18N4O2S. The summed E-state index contributed by atoms with van der Waals surface area (Å²) >= 11 is 1.45. The molecule has 0 unspecified atom stereocenters. The largest absolute Gasteiger partial charge is 0.350 e. The number of aromatic nitrogens is 2. The molecule has 3 rings (SSSR count). The molecule has 0 atom stereocenters. The summed E-state index contributed by atoms with van der Waals surface area (Å²) in [5.41, 5.74) is 2.43. The van der Waals surface area contributed by atoms with Gasteiger partial charge in [-0.1, -0.05) is 6.07 Å². The molecular weight excluding hydrogens is 336 g/mol. The van der Waals surface area contributed by atoms with Crippen LogP contribution in [0.3, 0.4) is 0 Å². The van der Waals surface area contributed by atoms with Crippen LogP contribution >= 0.6 is 11.8 Å². The van der Waals surface area contributed by atoms with Crippen molar-refractivity contribution in [3.8, 4) is 0 Å². The first-order valence-corrected chi connectivity index (χ1v) is 8.78. The second-order valence-electron chi connectivity index (χ2n) is 5.47. The smallest absolute Gasteiger partial charge is 0.230 e. The third kappa shape index (κ3) is 4.84. The molecule has 2 N–H and O–H groups in total. The molecule has 2 heterocycles. The van der Waals surface area contributed by atoms with Crippen molar-refractivity contribution >= 4 is 34.9 Å². The zero-order valence-electron chi connectivity index (χ0n) is 13.7. The van der Waals surface area contributed by atoms with E-state index >= 15 is 0 Å². The summed E-state index contributed by atoms with van der Waals surface area (Å²) in [5, 5.41) is 5.58. The van der Waals surface area contributed by atoms with E-state index in [1.54, 1.807) is 0 Å². The van der Waals surface area contributed by atoms with E-state index in [4.69, 9.17) is 0 Å². The van der Waals surface area contributed by atoms with Gasteiger partial charge in [0.2, 0.25) is 11.8 Å². The van der Waals surface area contributed by atoms with Gasteiger partial charge in [-0.25, -0.2) is 4.98 Å². The average molecular weight is 354 g/mol. The van der Waals surface area contributed by atoms with E-state index in [9.17, 15) is 9.59 Å². The van der Waals surface area contributed by atoms with Crippen molar-refractivity contribution in [1.29, 1.82) is 0 Å². The lowest BCUT2D eigenvalue weighted by molar-refractivity contribution is -0.118. The third-order valence-corrected chi connectivity index (χ3v) is 4.44. The normalized spacial score (nSPS) is 10.6. The molecule has 6 nitrogen and oxygen atoms in total. The van der Waals surface area contributed by atoms with Crippen molar-refractivity contribution < 1.29 is 9.59 Å². The predicted molar refractivity (Wildman–Crippen MR) is 98.5 cm³/mol. The highest BCUT2D eigenvalue weighted by molar-refractivity contribution is 8.00. The Hall–Kier alpha value is -2.80. The molecule has 0 fully saturated rings. The molecule has 3 aromatic rings. The van der Waals surface area contributed by atoms with E-state index in [-0.39, 0.29) is 11.8 Å². The van der Waals surface area contributed by atoms with E-state index in [0.29, 0.717) is 12.3 Å². The first-order valence-electron chi connectivity index (χ1n) is 7.80. The number of amides is 2. The number of thioether (sulfide) groups is 1. The van der Waals surface area contributed by atoms with E-state index in [1.807, 2.05) is 59.3 Å². The number of imidazole rings is 1. The number of nitrogens with one attached hydrogen (secondary N) is 2. The van der Waals surface area contributed by atoms with Crippen LogP contribution in [0.4, 0.5) is 5.69 Å². The second-order valence-corrected chi connectivity index (χ2v) is 6.52. The quantitative estimate of drug-likeness (QED) is 0.668. The molecule has 0 radical (unpaired) electrons. The third-order valence-electron chi connectivity index (χ3n) is 3.43. The molecule has 128 valence electrons. The SMILES string of the molecule is CC(=O)Nc1ccc(SCC(=O)NCc2cn3ccccc3n2)cc1. The van der Waals surface area contributed by atoms with Gasteiger partial charge in [-0.05, 0) is 36.4 Å². The molecule has 7 heteroatoms. The number of carbonyl (C=O) groups is 2. The van der Waals surface area contributed by atoms with Crippen molar-refractivity contribution in [3.63, 3.8) is 0 Å². The van der Waals surface area contributed by atoms with Crippen LogP contribution in [0.15, 0.2) is 59.8 Å². The molecule has 25 heavy (non-hydrogen) atoms. The standard InChI is InChI=1S/C18H18N4O2S/c1-13(23)20-14-5-7-16(8-6-14)25-12-18(24)19-10-15-11-22-9-3-2-4-17(22)21-15/h2-9,11H,10,12H2,1H3,(H,19,24)(H,20,23). The second kappa shape index (κ2) is 7.85. The average Bonchev–Trinajstić information content (AvgIpc) is 3.02. The van der Waals surface area contributed by atoms with Gasteiger partial charge in [0, 0.05) is 29.9 Å². The van der Waals surface area contributed by atoms with Crippen molar-refractivity contribution in [1.82, 2.24) is 14.7 Å². The maximum atomic E-state index is 12.0. The minimum absolute atomic E-state index is 0.0482. The summed E-state index contributed by atoms with van der Waals surface area (Å²) in [6.07, 6.45) is 3.83. The Morgan fingerprint density at radius 3 is 2.68 bits per heavy atom. The fourth-order valence-corrected chi connectivity index (χ4v) is 3.03. The maximum Gasteiger partial charge on any atom is 0.230 e. The highest BCUT2D eigenvalue weighted by atomic mass is 32.2. The Labute approximate surface area is 149 Å². The zero-order valence-corrected chi connectivity index (χ0v) is 14.5. The van der Waals surface area contributed by atoms with Crippen LogP contribution in [0.5, 0.6) is 0 Å². The molecule has 0 bridgehead atoms. The summed E-state index contributed by atoms with van der Waals surface area (Å²) in [5.74, 6) is 0.173. The van der Waals surface area contributed by atoms with Crippen LogP contribution in [0.25, 0.3) is 5.65 Å². The molecule has 1 aromatic carbocycles. The summed E-state index contributed by atoms with van der Waals surface area (Å²) in [4.78, 5) is 28.4. The number of carbonyl (C=O) groups excluding carboxylic acids is 2. The minimum Gasteiger partial charge on any atom is -0.350 e. The highest BCUT2D eigenvalue weighted by Gasteiger charge is 2.06. The van der Waals surface area contributed by atoms with Gasteiger partial charge in [0.1, 0.15) is 5.65 Å². The van der Waals surface area contributed by atoms with Crippen LogP contribution < -0.4 is 10.6 Å². The van der Waals surface area contributed by atoms with Crippen molar-refractivity contribution in [2.45, 2.75) is 18.4 Å². The van der Waals surface area contributed by atoms with Crippen LogP contribution in [-0.4, -0.2) is 27.0 Å². The lowest BCUT2D eigenvalue weighted by Gasteiger charge is -2.05. The fourth-order valence-electron chi connectivity index (χ4n) is 2.30. The summed E-state index contributed by atoms with van der Waals surface area (Å²) < 4.78 is 1.92. The van der Waals surface area contributed by atoms with E-state index in [1.165, 1.54) is 18.7 Å². The number of fused-ring (bicyclic) bond motifs is 1. The zero-order chi connectivity index (χ0) is 17.6. The van der Waals surface area contributed by atoms with Gasteiger partial charge in [-0.15, -0.1) is 11.8 Å². The van der Waals surface area contributed by atoms with Crippen molar-refractivity contribution in [3.05, 3.63) is 60.6 Å². The van der Waals surface area contributed by atoms with Gasteiger partial charge in [0.05, 0.1) is 18.0 Å². The Bertz CT molecular complexity index is 856. The maximum absolute atomic E-state index is 12.0. The molecule has 2 amide bonds. The Kier molecular flexibility index (Phi) is 5.35. The molecule has 0 saturated carbocycles. The molecule has 0 aliphatic heterocycles. The number of rotatable bonds is 6. The van der Waals surface area contributed by atoms with Crippen molar-refractivity contribution in [2.75, 3.05) is 11.1 Å². The number of nitrogens with zero attached hydrogens (tertiary/aromatic N) is 2. The first-order chi connectivity index (χ1) is 12.1. The number of hydrogen-bond acceptors (Lipinski definition) is 4. The molecule has 0 aliphatic rings. The molecule has 0 aliphatic carbocycles. The number of anilines is 1. The van der Waals surface area contributed by atoms with Crippen LogP contribution in [0.1, 0.15) is 12.6 Å². The first kappa shape index (κ1) is 17.0. The van der Waals surface area contributed by atoms with Gasteiger partial charge in [-0.2, -0.15) is 0 Å². The monoisotopic (exact) mass is 354 g/mol. The van der Waals surface area contributed by atoms with Gasteiger partial charge >= 0.3 is 0 Å².